The predicted molar refractivity (Wildman–Crippen MR) is 110 cm³/mol. The molecule has 1 aliphatic rings. The maximum Gasteiger partial charge on any atom is 0.254 e. The van der Waals surface area contributed by atoms with Crippen molar-refractivity contribution in [2.45, 2.75) is 44.4 Å². The van der Waals surface area contributed by atoms with E-state index in [9.17, 15) is 4.79 Å². The Morgan fingerprint density at radius 1 is 1.14 bits per heavy atom. The topological polar surface area (TPSA) is 59.8 Å². The molecule has 144 valence electrons. The number of nitrogens with one attached hydrogen (secondary N) is 1. The summed E-state index contributed by atoms with van der Waals surface area (Å²) in [6.07, 6.45) is 6.83. The van der Waals surface area contributed by atoms with Crippen LogP contribution in [0.25, 0.3) is 5.82 Å². The lowest BCUT2D eigenvalue weighted by Gasteiger charge is -2.42. The minimum atomic E-state index is -0.0620. The lowest BCUT2D eigenvalue weighted by atomic mass is 9.64. The van der Waals surface area contributed by atoms with Gasteiger partial charge >= 0.3 is 0 Å². The van der Waals surface area contributed by atoms with Crippen LogP contribution < -0.4 is 5.32 Å². The van der Waals surface area contributed by atoms with Gasteiger partial charge in [-0.1, -0.05) is 56.7 Å². The zero-order valence-electron chi connectivity index (χ0n) is 16.4. The van der Waals surface area contributed by atoms with Gasteiger partial charge in [-0.2, -0.15) is 5.10 Å². The van der Waals surface area contributed by atoms with Gasteiger partial charge < -0.3 is 5.32 Å². The first-order valence-corrected chi connectivity index (χ1v) is 9.94. The standard InChI is InChI=1S/C23H26N4O/c1-17(2)21-19(15-26-27(21)20-11-6-7-14-24-20)22(28)25-16-23(12-8-13-23)18-9-4-3-5-10-18/h3-7,9-11,14-15,17H,8,12-13,16H2,1-2H3,(H,25,28). The van der Waals surface area contributed by atoms with E-state index in [1.807, 2.05) is 24.3 Å². The highest BCUT2D eigenvalue weighted by Crippen LogP contribution is 2.43. The van der Waals surface area contributed by atoms with Crippen LogP contribution in [0.5, 0.6) is 0 Å². The first kappa shape index (κ1) is 18.4. The van der Waals surface area contributed by atoms with E-state index >= 15 is 0 Å². The third-order valence-corrected chi connectivity index (χ3v) is 5.75. The van der Waals surface area contributed by atoms with Crippen molar-refractivity contribution in [1.82, 2.24) is 20.1 Å². The number of amides is 1. The Balaban J connectivity index is 1.56. The number of hydrogen-bond donors (Lipinski definition) is 1. The van der Waals surface area contributed by atoms with Crippen molar-refractivity contribution < 1.29 is 4.79 Å². The zero-order chi connectivity index (χ0) is 19.6. The third kappa shape index (κ3) is 3.33. The Kier molecular flexibility index (Phi) is 4.99. The normalized spacial score (nSPS) is 15.2. The minimum Gasteiger partial charge on any atom is -0.351 e. The smallest absolute Gasteiger partial charge is 0.254 e. The molecule has 2 heterocycles. The van der Waals surface area contributed by atoms with Gasteiger partial charge in [0, 0.05) is 18.2 Å². The molecule has 1 fully saturated rings. The van der Waals surface area contributed by atoms with E-state index < -0.39 is 0 Å². The molecule has 5 heteroatoms. The summed E-state index contributed by atoms with van der Waals surface area (Å²) in [4.78, 5) is 17.4. The van der Waals surface area contributed by atoms with E-state index in [1.54, 1.807) is 17.1 Å². The van der Waals surface area contributed by atoms with Crippen molar-refractivity contribution in [3.8, 4) is 5.82 Å². The Morgan fingerprint density at radius 2 is 1.89 bits per heavy atom. The van der Waals surface area contributed by atoms with Crippen LogP contribution in [-0.4, -0.2) is 27.2 Å². The Labute approximate surface area is 165 Å². The van der Waals surface area contributed by atoms with Crippen LogP contribution in [-0.2, 0) is 5.41 Å². The number of nitrogens with zero attached hydrogens (tertiary/aromatic N) is 3. The highest BCUT2D eigenvalue weighted by Gasteiger charge is 2.39. The Morgan fingerprint density at radius 3 is 2.50 bits per heavy atom. The van der Waals surface area contributed by atoms with Crippen LogP contribution in [0.3, 0.4) is 0 Å². The summed E-state index contributed by atoms with van der Waals surface area (Å²) in [5.41, 5.74) is 2.89. The van der Waals surface area contributed by atoms with E-state index in [4.69, 9.17) is 0 Å². The van der Waals surface area contributed by atoms with E-state index in [0.717, 1.165) is 24.4 Å². The summed E-state index contributed by atoms with van der Waals surface area (Å²) >= 11 is 0. The molecular formula is C23H26N4O. The Hall–Kier alpha value is -2.95. The molecule has 0 spiro atoms. The first-order valence-electron chi connectivity index (χ1n) is 9.94. The molecule has 5 nitrogen and oxygen atoms in total. The number of aromatic nitrogens is 3. The van der Waals surface area contributed by atoms with E-state index in [1.165, 1.54) is 12.0 Å². The molecule has 2 aromatic heterocycles. The zero-order valence-corrected chi connectivity index (χ0v) is 16.4. The monoisotopic (exact) mass is 374 g/mol. The van der Waals surface area contributed by atoms with Crippen molar-refractivity contribution in [3.63, 3.8) is 0 Å². The van der Waals surface area contributed by atoms with Crippen molar-refractivity contribution in [3.05, 3.63) is 77.7 Å². The van der Waals surface area contributed by atoms with Gasteiger partial charge in [-0.05, 0) is 36.5 Å². The predicted octanol–water partition coefficient (Wildman–Crippen LogP) is 4.24. The largest absolute Gasteiger partial charge is 0.351 e. The molecule has 0 atom stereocenters. The summed E-state index contributed by atoms with van der Waals surface area (Å²) in [6, 6.07) is 16.2. The van der Waals surface area contributed by atoms with Crippen molar-refractivity contribution in [2.24, 2.45) is 0 Å². The fraction of sp³-hybridized carbons (Fsp3) is 0.348. The number of pyridine rings is 1. The lowest BCUT2D eigenvalue weighted by molar-refractivity contribution is 0.0926. The van der Waals surface area contributed by atoms with E-state index in [0.29, 0.717) is 12.1 Å². The fourth-order valence-electron chi connectivity index (χ4n) is 4.06. The molecule has 1 amide bonds. The van der Waals surface area contributed by atoms with Crippen LogP contribution in [0, 0.1) is 0 Å². The molecule has 0 bridgehead atoms. The molecule has 0 radical (unpaired) electrons. The van der Waals surface area contributed by atoms with Gasteiger partial charge in [0.15, 0.2) is 5.82 Å². The van der Waals surface area contributed by atoms with Crippen LogP contribution in [0.15, 0.2) is 60.9 Å². The van der Waals surface area contributed by atoms with Gasteiger partial charge in [0.05, 0.1) is 17.5 Å². The molecule has 0 unspecified atom stereocenters. The molecule has 1 aliphatic carbocycles. The van der Waals surface area contributed by atoms with Crippen LogP contribution in [0.2, 0.25) is 0 Å². The first-order chi connectivity index (χ1) is 13.6. The second kappa shape index (κ2) is 7.58. The van der Waals surface area contributed by atoms with Gasteiger partial charge in [0.2, 0.25) is 0 Å². The SMILES string of the molecule is CC(C)c1c(C(=O)NCC2(c3ccccc3)CCC2)cnn1-c1ccccn1. The highest BCUT2D eigenvalue weighted by molar-refractivity contribution is 5.95. The quantitative estimate of drug-likeness (QED) is 0.702. The van der Waals surface area contributed by atoms with Crippen LogP contribution in [0.4, 0.5) is 0 Å². The van der Waals surface area contributed by atoms with Crippen LogP contribution in [0.1, 0.15) is 60.6 Å². The molecule has 1 N–H and O–H groups in total. The van der Waals surface area contributed by atoms with Crippen molar-refractivity contribution >= 4 is 5.91 Å². The molecular weight excluding hydrogens is 348 g/mol. The maximum absolute atomic E-state index is 13.0. The summed E-state index contributed by atoms with van der Waals surface area (Å²) in [6.45, 7) is 4.80. The maximum atomic E-state index is 13.0. The van der Waals surface area contributed by atoms with Gasteiger partial charge in [0.1, 0.15) is 0 Å². The average molecular weight is 374 g/mol. The summed E-state index contributed by atoms with van der Waals surface area (Å²) in [7, 11) is 0. The molecule has 28 heavy (non-hydrogen) atoms. The number of carbonyl (C=O) groups excluding carboxylic acids is 1. The molecule has 0 aliphatic heterocycles. The van der Waals surface area contributed by atoms with Crippen molar-refractivity contribution in [1.29, 1.82) is 0 Å². The van der Waals surface area contributed by atoms with E-state index in [-0.39, 0.29) is 17.2 Å². The molecule has 1 saturated carbocycles. The van der Waals surface area contributed by atoms with Gasteiger partial charge in [-0.15, -0.1) is 0 Å². The molecule has 3 aromatic rings. The summed E-state index contributed by atoms with van der Waals surface area (Å²) in [5, 5.41) is 7.65. The van der Waals surface area contributed by atoms with E-state index in [2.05, 4.69) is 53.5 Å². The number of benzene rings is 1. The fourth-order valence-corrected chi connectivity index (χ4v) is 4.06. The minimum absolute atomic E-state index is 0.0614. The van der Waals surface area contributed by atoms with Gasteiger partial charge in [0.25, 0.3) is 5.91 Å². The number of rotatable bonds is 6. The molecule has 0 saturated heterocycles. The molecule has 4 rings (SSSR count). The van der Waals surface area contributed by atoms with Gasteiger partial charge in [-0.25, -0.2) is 9.67 Å². The Bertz CT molecular complexity index is 943. The third-order valence-electron chi connectivity index (χ3n) is 5.75. The second-order valence-electron chi connectivity index (χ2n) is 7.88. The molecule has 1 aromatic carbocycles. The second-order valence-corrected chi connectivity index (χ2v) is 7.88. The highest BCUT2D eigenvalue weighted by atomic mass is 16.1. The number of carbonyl (C=O) groups is 1. The lowest BCUT2D eigenvalue weighted by Crippen LogP contribution is -2.45. The summed E-state index contributed by atoms with van der Waals surface area (Å²) < 4.78 is 1.77. The van der Waals surface area contributed by atoms with Gasteiger partial charge in [-0.3, -0.25) is 4.79 Å². The summed E-state index contributed by atoms with van der Waals surface area (Å²) in [5.74, 6) is 0.815. The van der Waals surface area contributed by atoms with Crippen LogP contribution >= 0.6 is 0 Å². The van der Waals surface area contributed by atoms with Crippen molar-refractivity contribution in [2.75, 3.05) is 6.54 Å². The number of hydrogen-bond acceptors (Lipinski definition) is 3. The average Bonchev–Trinajstić information content (AvgIpc) is 3.14.